The summed E-state index contributed by atoms with van der Waals surface area (Å²) in [6.07, 6.45) is 2.28. The van der Waals surface area contributed by atoms with E-state index >= 15 is 0 Å². The van der Waals surface area contributed by atoms with Gasteiger partial charge in [-0.2, -0.15) is 11.8 Å². The Bertz CT molecular complexity index is 978. The predicted octanol–water partition coefficient (Wildman–Crippen LogP) is 4.35. The zero-order valence-corrected chi connectivity index (χ0v) is 19.3. The quantitative estimate of drug-likeness (QED) is 0.648. The van der Waals surface area contributed by atoms with Crippen LogP contribution in [0.3, 0.4) is 0 Å². The monoisotopic (exact) mass is 440 g/mol. The second kappa shape index (κ2) is 9.14. The molecule has 7 heteroatoms. The minimum Gasteiger partial charge on any atom is -0.495 e. The van der Waals surface area contributed by atoms with Crippen molar-refractivity contribution in [3.63, 3.8) is 0 Å². The number of anilines is 1. The molecule has 0 bridgehead atoms. The maximum atomic E-state index is 13.4. The van der Waals surface area contributed by atoms with Gasteiger partial charge >= 0.3 is 0 Å². The van der Waals surface area contributed by atoms with Gasteiger partial charge in [0, 0.05) is 0 Å². The van der Waals surface area contributed by atoms with Crippen LogP contribution in [-0.2, 0) is 10.2 Å². The largest absolute Gasteiger partial charge is 0.495 e. The molecule has 0 saturated heterocycles. The van der Waals surface area contributed by atoms with Crippen molar-refractivity contribution < 1.29 is 19.1 Å². The Morgan fingerprint density at radius 2 is 1.71 bits per heavy atom. The van der Waals surface area contributed by atoms with Crippen LogP contribution in [-0.4, -0.2) is 47.8 Å². The van der Waals surface area contributed by atoms with E-state index in [2.05, 4.69) is 26.1 Å². The zero-order chi connectivity index (χ0) is 22.8. The van der Waals surface area contributed by atoms with Crippen molar-refractivity contribution in [2.24, 2.45) is 0 Å². The van der Waals surface area contributed by atoms with Crippen LogP contribution in [0.25, 0.3) is 0 Å². The molecule has 1 aliphatic rings. The topological polar surface area (TPSA) is 75.7 Å². The Kier molecular flexibility index (Phi) is 6.74. The summed E-state index contributed by atoms with van der Waals surface area (Å²) < 4.78 is 5.43. The van der Waals surface area contributed by atoms with Crippen molar-refractivity contribution >= 4 is 35.2 Å². The van der Waals surface area contributed by atoms with Crippen LogP contribution in [0.15, 0.2) is 42.5 Å². The van der Waals surface area contributed by atoms with Gasteiger partial charge in [0.2, 0.25) is 5.91 Å². The smallest absolute Gasteiger partial charge is 0.262 e. The van der Waals surface area contributed by atoms with Gasteiger partial charge < -0.3 is 10.1 Å². The lowest BCUT2D eigenvalue weighted by molar-refractivity contribution is -0.120. The van der Waals surface area contributed by atoms with E-state index < -0.39 is 23.8 Å². The molecule has 3 amide bonds. The van der Waals surface area contributed by atoms with E-state index in [4.69, 9.17) is 4.74 Å². The number of carbonyl (C=O) groups is 3. The molecule has 2 aromatic rings. The highest BCUT2D eigenvalue weighted by atomic mass is 32.2. The highest BCUT2D eigenvalue weighted by Gasteiger charge is 2.42. The van der Waals surface area contributed by atoms with Crippen LogP contribution in [0.2, 0.25) is 0 Å². The minimum atomic E-state index is -0.914. The Hall–Kier alpha value is -2.80. The number of carbonyl (C=O) groups excluding carboxylic acids is 3. The number of hydrogen-bond acceptors (Lipinski definition) is 5. The van der Waals surface area contributed by atoms with Crippen molar-refractivity contribution in [2.75, 3.05) is 24.4 Å². The first-order valence-electron chi connectivity index (χ1n) is 10.1. The Balaban J connectivity index is 1.94. The fraction of sp³-hybridized carbons (Fsp3) is 0.375. The Labute approximate surface area is 187 Å². The molecule has 0 saturated carbocycles. The van der Waals surface area contributed by atoms with Crippen molar-refractivity contribution in [1.82, 2.24) is 4.90 Å². The van der Waals surface area contributed by atoms with Crippen LogP contribution < -0.4 is 10.1 Å². The average molecular weight is 441 g/mol. The average Bonchev–Trinajstić information content (AvgIpc) is 2.99. The van der Waals surface area contributed by atoms with Gasteiger partial charge in [0.15, 0.2) is 0 Å². The molecular weight excluding hydrogens is 412 g/mol. The third-order valence-electron chi connectivity index (χ3n) is 5.36. The maximum Gasteiger partial charge on any atom is 0.262 e. The summed E-state index contributed by atoms with van der Waals surface area (Å²) in [4.78, 5) is 40.4. The molecule has 0 spiro atoms. The number of ether oxygens (including phenoxy) is 1. The first-order valence-corrected chi connectivity index (χ1v) is 11.5. The van der Waals surface area contributed by atoms with E-state index in [1.165, 1.54) is 7.11 Å². The number of nitrogens with one attached hydrogen (secondary N) is 1. The number of benzene rings is 2. The lowest BCUT2D eigenvalue weighted by Crippen LogP contribution is -2.47. The number of fused-ring (bicyclic) bond motifs is 1. The third kappa shape index (κ3) is 4.61. The lowest BCUT2D eigenvalue weighted by Gasteiger charge is -2.26. The predicted molar refractivity (Wildman–Crippen MR) is 124 cm³/mol. The van der Waals surface area contributed by atoms with Crippen molar-refractivity contribution in [1.29, 1.82) is 0 Å². The van der Waals surface area contributed by atoms with Gasteiger partial charge in [-0.15, -0.1) is 0 Å². The normalized spacial score (nSPS) is 14.4. The summed E-state index contributed by atoms with van der Waals surface area (Å²) >= 11 is 1.56. The molecular formula is C24H28N2O4S. The molecule has 0 aromatic heterocycles. The summed E-state index contributed by atoms with van der Waals surface area (Å²) in [5.41, 5.74) is 2.10. The van der Waals surface area contributed by atoms with Crippen LogP contribution in [0, 0.1) is 0 Å². The van der Waals surface area contributed by atoms with Crippen LogP contribution in [0.5, 0.6) is 5.75 Å². The number of imide groups is 1. The molecule has 3 rings (SSSR count). The van der Waals surface area contributed by atoms with Gasteiger partial charge in [0.1, 0.15) is 11.8 Å². The van der Waals surface area contributed by atoms with Crippen molar-refractivity contribution in [3.05, 3.63) is 59.2 Å². The molecule has 6 nitrogen and oxygen atoms in total. The van der Waals surface area contributed by atoms with Gasteiger partial charge in [-0.25, -0.2) is 0 Å². The zero-order valence-electron chi connectivity index (χ0n) is 18.5. The summed E-state index contributed by atoms with van der Waals surface area (Å²) in [6.45, 7) is 6.25. The van der Waals surface area contributed by atoms with E-state index in [1.54, 1.807) is 36.0 Å². The fourth-order valence-electron chi connectivity index (χ4n) is 3.59. The van der Waals surface area contributed by atoms with Crippen molar-refractivity contribution in [3.8, 4) is 5.75 Å². The number of hydrogen-bond donors (Lipinski definition) is 1. The lowest BCUT2D eigenvalue weighted by atomic mass is 9.87. The number of amides is 3. The van der Waals surface area contributed by atoms with Crippen molar-refractivity contribution in [2.45, 2.75) is 38.6 Å². The third-order valence-corrected chi connectivity index (χ3v) is 6.00. The van der Waals surface area contributed by atoms with E-state index in [0.717, 1.165) is 10.5 Å². The number of thioether (sulfide) groups is 1. The molecule has 1 unspecified atom stereocenters. The Morgan fingerprint density at radius 3 is 2.23 bits per heavy atom. The molecule has 1 N–H and O–H groups in total. The van der Waals surface area contributed by atoms with E-state index in [-0.39, 0.29) is 5.41 Å². The molecule has 164 valence electrons. The van der Waals surface area contributed by atoms with Gasteiger partial charge in [0.05, 0.1) is 23.9 Å². The SMILES string of the molecule is COc1ccc(C(C)(C)C)cc1NC(=O)C(CCSC)N1C(=O)c2ccccc2C1=O. The number of rotatable bonds is 7. The minimum absolute atomic E-state index is 0.119. The molecule has 2 aromatic carbocycles. The van der Waals surface area contributed by atoms with Crippen LogP contribution in [0.4, 0.5) is 5.69 Å². The van der Waals surface area contributed by atoms with Crippen LogP contribution >= 0.6 is 11.8 Å². The molecule has 0 fully saturated rings. The molecule has 1 aliphatic heterocycles. The number of nitrogens with zero attached hydrogens (tertiary/aromatic N) is 1. The summed E-state index contributed by atoms with van der Waals surface area (Å²) in [5, 5.41) is 2.91. The second-order valence-electron chi connectivity index (χ2n) is 8.48. The van der Waals surface area contributed by atoms with E-state index in [9.17, 15) is 14.4 Å². The van der Waals surface area contributed by atoms with Gasteiger partial charge in [-0.3, -0.25) is 19.3 Å². The van der Waals surface area contributed by atoms with E-state index in [1.807, 2.05) is 24.5 Å². The molecule has 1 atom stereocenters. The summed E-state index contributed by atoms with van der Waals surface area (Å²) in [5.74, 6) is -0.125. The van der Waals surface area contributed by atoms with E-state index in [0.29, 0.717) is 34.7 Å². The number of methoxy groups -OCH3 is 1. The molecule has 0 radical (unpaired) electrons. The maximum absolute atomic E-state index is 13.4. The second-order valence-corrected chi connectivity index (χ2v) is 9.46. The van der Waals surface area contributed by atoms with Crippen LogP contribution in [0.1, 0.15) is 53.5 Å². The molecule has 31 heavy (non-hydrogen) atoms. The fourth-order valence-corrected chi connectivity index (χ4v) is 4.05. The molecule has 0 aliphatic carbocycles. The van der Waals surface area contributed by atoms with Gasteiger partial charge in [0.25, 0.3) is 11.8 Å². The standard InChI is InChI=1S/C24H28N2O4S/c1-24(2,3)15-10-11-20(30-4)18(14-15)25-21(27)19(12-13-31-5)26-22(28)16-8-6-7-9-17(16)23(26)29/h6-11,14,19H,12-13H2,1-5H3,(H,25,27). The summed E-state index contributed by atoms with van der Waals surface area (Å²) in [6, 6.07) is 11.4. The van der Waals surface area contributed by atoms with Gasteiger partial charge in [-0.1, -0.05) is 39.0 Å². The first kappa shape index (κ1) is 22.9. The summed E-state index contributed by atoms with van der Waals surface area (Å²) in [7, 11) is 1.54. The first-order chi connectivity index (χ1) is 14.7. The van der Waals surface area contributed by atoms with Gasteiger partial charge in [-0.05, 0) is 53.7 Å². The highest BCUT2D eigenvalue weighted by molar-refractivity contribution is 7.98. The molecule has 1 heterocycles. The Morgan fingerprint density at radius 1 is 1.10 bits per heavy atom. The highest BCUT2D eigenvalue weighted by Crippen LogP contribution is 2.32.